The molecule has 0 saturated heterocycles. The highest BCUT2D eigenvalue weighted by molar-refractivity contribution is 6.31. The minimum Gasteiger partial charge on any atom is -0.462 e. The lowest BCUT2D eigenvalue weighted by atomic mass is 9.86. The van der Waals surface area contributed by atoms with E-state index in [2.05, 4.69) is 0 Å². The molecule has 0 radical (unpaired) electrons. The number of benzene rings is 1. The summed E-state index contributed by atoms with van der Waals surface area (Å²) in [5, 5.41) is 0.454. The van der Waals surface area contributed by atoms with E-state index < -0.39 is 0 Å². The van der Waals surface area contributed by atoms with Crippen LogP contribution in [0.25, 0.3) is 0 Å². The number of carbonyl (C=O) groups excluding carboxylic acids is 1. The Labute approximate surface area is 99.5 Å². The number of hydrogen-bond donors (Lipinski definition) is 1. The Hall–Kier alpha value is -1.22. The summed E-state index contributed by atoms with van der Waals surface area (Å²) in [5.74, 6) is 0.196. The summed E-state index contributed by atoms with van der Waals surface area (Å²) in [6.07, 6.45) is 3.56. The molecule has 1 aromatic rings. The van der Waals surface area contributed by atoms with Crippen LogP contribution in [0.1, 0.15) is 29.6 Å². The maximum Gasteiger partial charge on any atom is 0.338 e. The quantitative estimate of drug-likeness (QED) is 0.652. The number of esters is 1. The minimum absolute atomic E-state index is 0.346. The monoisotopic (exact) mass is 239 g/mol. The molecule has 4 heteroatoms. The zero-order valence-electron chi connectivity index (χ0n) is 8.91. The fraction of sp³-hybridized carbons (Fsp3) is 0.417. The molecule has 0 bridgehead atoms. The lowest BCUT2D eigenvalue weighted by Crippen LogP contribution is -2.20. The molecule has 3 nitrogen and oxygen atoms in total. The van der Waals surface area contributed by atoms with Gasteiger partial charge < -0.3 is 10.5 Å². The van der Waals surface area contributed by atoms with Gasteiger partial charge in [-0.2, -0.15) is 0 Å². The van der Waals surface area contributed by atoms with Gasteiger partial charge in [0.2, 0.25) is 0 Å². The molecule has 0 spiro atoms. The van der Waals surface area contributed by atoms with Crippen LogP contribution in [-0.2, 0) is 4.74 Å². The molecule has 86 valence electrons. The summed E-state index contributed by atoms with van der Waals surface area (Å²) in [6, 6.07) is 4.75. The van der Waals surface area contributed by atoms with Crippen LogP contribution in [0.4, 0.5) is 5.69 Å². The van der Waals surface area contributed by atoms with Gasteiger partial charge in [0.1, 0.15) is 0 Å². The van der Waals surface area contributed by atoms with E-state index in [1.165, 1.54) is 6.42 Å². The molecule has 0 aliphatic heterocycles. The van der Waals surface area contributed by atoms with Crippen molar-refractivity contribution in [3.8, 4) is 0 Å². The number of nitrogens with two attached hydrogens (primary N) is 1. The van der Waals surface area contributed by atoms with E-state index >= 15 is 0 Å². The van der Waals surface area contributed by atoms with E-state index in [1.54, 1.807) is 18.2 Å². The molecule has 0 heterocycles. The number of nitrogen functional groups attached to an aromatic ring is 1. The van der Waals surface area contributed by atoms with Crippen molar-refractivity contribution in [2.24, 2.45) is 5.92 Å². The van der Waals surface area contributed by atoms with Gasteiger partial charge >= 0.3 is 5.97 Å². The number of rotatable bonds is 3. The van der Waals surface area contributed by atoms with Crippen LogP contribution in [0.15, 0.2) is 18.2 Å². The van der Waals surface area contributed by atoms with E-state index in [0.717, 1.165) is 12.8 Å². The van der Waals surface area contributed by atoms with Crippen LogP contribution < -0.4 is 5.73 Å². The Kier molecular flexibility index (Phi) is 3.34. The molecule has 0 aromatic heterocycles. The molecule has 1 aliphatic rings. The zero-order chi connectivity index (χ0) is 11.5. The predicted molar refractivity (Wildman–Crippen MR) is 63.5 cm³/mol. The third-order valence-electron chi connectivity index (χ3n) is 2.83. The second-order valence-electron chi connectivity index (χ2n) is 4.17. The summed E-state index contributed by atoms with van der Waals surface area (Å²) in [5.41, 5.74) is 6.49. The highest BCUT2D eigenvalue weighted by atomic mass is 35.5. The smallest absolute Gasteiger partial charge is 0.338 e. The van der Waals surface area contributed by atoms with Gasteiger partial charge in [0.15, 0.2) is 0 Å². The molecule has 2 N–H and O–H groups in total. The minimum atomic E-state index is -0.346. The van der Waals surface area contributed by atoms with Crippen LogP contribution in [0.2, 0.25) is 5.02 Å². The fourth-order valence-electron chi connectivity index (χ4n) is 1.67. The van der Waals surface area contributed by atoms with E-state index in [9.17, 15) is 4.79 Å². The number of carbonyl (C=O) groups is 1. The first-order valence-electron chi connectivity index (χ1n) is 5.38. The Bertz CT molecular complexity index is 382. The van der Waals surface area contributed by atoms with Gasteiger partial charge in [0, 0.05) is 10.7 Å². The molecule has 2 rings (SSSR count). The van der Waals surface area contributed by atoms with E-state index in [1.807, 2.05) is 0 Å². The predicted octanol–water partition coefficient (Wildman–Crippen LogP) is 2.88. The number of anilines is 1. The first kappa shape index (κ1) is 11.3. The third kappa shape index (κ3) is 2.67. The van der Waals surface area contributed by atoms with Gasteiger partial charge in [0.05, 0.1) is 12.2 Å². The third-order valence-corrected chi connectivity index (χ3v) is 3.05. The molecular formula is C12H14ClNO2. The number of halogens is 1. The van der Waals surface area contributed by atoms with Gasteiger partial charge in [-0.15, -0.1) is 0 Å². The van der Waals surface area contributed by atoms with Crippen molar-refractivity contribution in [1.82, 2.24) is 0 Å². The summed E-state index contributed by atoms with van der Waals surface area (Å²) < 4.78 is 5.19. The number of ether oxygens (including phenoxy) is 1. The van der Waals surface area contributed by atoms with Gasteiger partial charge in [-0.25, -0.2) is 4.79 Å². The second kappa shape index (κ2) is 4.74. The molecule has 0 amide bonds. The van der Waals surface area contributed by atoms with Gasteiger partial charge in [0.25, 0.3) is 0 Å². The lowest BCUT2D eigenvalue weighted by molar-refractivity contribution is 0.0371. The molecule has 0 atom stereocenters. The van der Waals surface area contributed by atoms with Crippen LogP contribution in [0, 0.1) is 5.92 Å². The maximum atomic E-state index is 11.7. The summed E-state index contributed by atoms with van der Waals surface area (Å²) >= 11 is 5.81. The average Bonchev–Trinajstić information content (AvgIpc) is 2.13. The van der Waals surface area contributed by atoms with Crippen molar-refractivity contribution in [1.29, 1.82) is 0 Å². The second-order valence-corrected chi connectivity index (χ2v) is 4.61. The van der Waals surface area contributed by atoms with Crippen molar-refractivity contribution < 1.29 is 9.53 Å². The topological polar surface area (TPSA) is 52.3 Å². The lowest BCUT2D eigenvalue weighted by Gasteiger charge is -2.24. The van der Waals surface area contributed by atoms with Crippen LogP contribution in [0.3, 0.4) is 0 Å². The van der Waals surface area contributed by atoms with Crippen LogP contribution in [0.5, 0.6) is 0 Å². The van der Waals surface area contributed by atoms with Crippen molar-refractivity contribution in [2.45, 2.75) is 19.3 Å². The molecule has 1 aliphatic carbocycles. The molecular weight excluding hydrogens is 226 g/mol. The first-order chi connectivity index (χ1) is 7.65. The van der Waals surface area contributed by atoms with E-state index in [0.29, 0.717) is 28.8 Å². The summed E-state index contributed by atoms with van der Waals surface area (Å²) in [7, 11) is 0. The van der Waals surface area contributed by atoms with Crippen molar-refractivity contribution in [3.63, 3.8) is 0 Å². The maximum absolute atomic E-state index is 11.7. The molecule has 1 saturated carbocycles. The standard InChI is InChI=1S/C12H14ClNO2/c13-10-4-9(5-11(14)6-10)12(15)16-7-8-2-1-3-8/h4-6,8H,1-3,7,14H2. The van der Waals surface area contributed by atoms with Crippen molar-refractivity contribution in [3.05, 3.63) is 28.8 Å². The van der Waals surface area contributed by atoms with E-state index in [-0.39, 0.29) is 5.97 Å². The van der Waals surface area contributed by atoms with Crippen molar-refractivity contribution in [2.75, 3.05) is 12.3 Å². The first-order valence-corrected chi connectivity index (χ1v) is 5.76. The van der Waals surface area contributed by atoms with Crippen LogP contribution in [-0.4, -0.2) is 12.6 Å². The molecule has 0 unspecified atom stereocenters. The Morgan fingerprint density at radius 1 is 1.44 bits per heavy atom. The van der Waals surface area contributed by atoms with Gasteiger partial charge in [-0.05, 0) is 37.0 Å². The highest BCUT2D eigenvalue weighted by Gasteiger charge is 2.19. The van der Waals surface area contributed by atoms with Crippen LogP contribution >= 0.6 is 11.6 Å². The summed E-state index contributed by atoms with van der Waals surface area (Å²) in [6.45, 7) is 0.505. The number of hydrogen-bond acceptors (Lipinski definition) is 3. The molecule has 1 fully saturated rings. The SMILES string of the molecule is Nc1cc(Cl)cc(C(=O)OCC2CCC2)c1. The molecule has 16 heavy (non-hydrogen) atoms. The van der Waals surface area contributed by atoms with Crippen molar-refractivity contribution >= 4 is 23.3 Å². The van der Waals surface area contributed by atoms with Gasteiger partial charge in [-0.1, -0.05) is 18.0 Å². The average molecular weight is 240 g/mol. The Morgan fingerprint density at radius 3 is 2.75 bits per heavy atom. The zero-order valence-corrected chi connectivity index (χ0v) is 9.67. The fourth-order valence-corrected chi connectivity index (χ4v) is 1.91. The Morgan fingerprint density at radius 2 is 2.19 bits per heavy atom. The molecule has 1 aromatic carbocycles. The Balaban J connectivity index is 1.96. The summed E-state index contributed by atoms with van der Waals surface area (Å²) in [4.78, 5) is 11.7. The normalized spacial score (nSPS) is 15.6. The highest BCUT2D eigenvalue weighted by Crippen LogP contribution is 2.26. The largest absolute Gasteiger partial charge is 0.462 e. The van der Waals surface area contributed by atoms with E-state index in [4.69, 9.17) is 22.1 Å². The van der Waals surface area contributed by atoms with Gasteiger partial charge in [-0.3, -0.25) is 0 Å².